The first kappa shape index (κ1) is 15.1. The normalized spacial score (nSPS) is 23.6. The van der Waals surface area contributed by atoms with Gasteiger partial charge in [-0.1, -0.05) is 43.1 Å². The molecule has 1 aromatic carbocycles. The summed E-state index contributed by atoms with van der Waals surface area (Å²) < 4.78 is 0. The largest absolute Gasteiger partial charge is 0.481 e. The van der Waals surface area contributed by atoms with Gasteiger partial charge in [-0.05, 0) is 31.4 Å². The first-order valence-electron chi connectivity index (χ1n) is 7.66. The Morgan fingerprint density at radius 3 is 2.75 bits per heavy atom. The zero-order valence-corrected chi connectivity index (χ0v) is 12.3. The van der Waals surface area contributed by atoms with Crippen molar-refractivity contribution < 1.29 is 9.90 Å². The second-order valence-electron chi connectivity index (χ2n) is 5.99. The van der Waals surface area contributed by atoms with Crippen LogP contribution in [0.2, 0.25) is 6.32 Å². The van der Waals surface area contributed by atoms with Crippen LogP contribution in [0, 0.1) is 5.41 Å². The van der Waals surface area contributed by atoms with Crippen LogP contribution >= 0.6 is 0 Å². The fourth-order valence-corrected chi connectivity index (χ4v) is 3.20. The number of carboxylic acid groups (broad SMARTS) is 1. The van der Waals surface area contributed by atoms with Gasteiger partial charge >= 0.3 is 5.97 Å². The fourth-order valence-electron chi connectivity index (χ4n) is 3.20. The molecule has 1 heterocycles. The van der Waals surface area contributed by atoms with Crippen LogP contribution in [0.1, 0.15) is 31.2 Å². The van der Waals surface area contributed by atoms with E-state index in [0.717, 1.165) is 45.1 Å². The molecular weight excluding hydrogens is 249 g/mol. The number of hydrogen-bond acceptors (Lipinski definition) is 2. The van der Waals surface area contributed by atoms with Gasteiger partial charge in [-0.2, -0.15) is 0 Å². The van der Waals surface area contributed by atoms with Crippen molar-refractivity contribution >= 4 is 13.8 Å². The minimum absolute atomic E-state index is 0.525. The first-order valence-corrected chi connectivity index (χ1v) is 7.66. The molecule has 1 aliphatic rings. The van der Waals surface area contributed by atoms with E-state index in [1.165, 1.54) is 5.56 Å². The van der Waals surface area contributed by atoms with Crippen molar-refractivity contribution in [2.45, 2.75) is 38.5 Å². The van der Waals surface area contributed by atoms with Gasteiger partial charge in [0.15, 0.2) is 0 Å². The number of carbonyl (C=O) groups is 1. The molecule has 0 spiro atoms. The highest BCUT2D eigenvalue weighted by Crippen LogP contribution is 2.36. The van der Waals surface area contributed by atoms with Gasteiger partial charge in [0.05, 0.1) is 5.41 Å². The van der Waals surface area contributed by atoms with Crippen molar-refractivity contribution in [1.29, 1.82) is 0 Å². The number of piperidine rings is 1. The lowest BCUT2D eigenvalue weighted by molar-refractivity contribution is -0.153. The lowest BCUT2D eigenvalue weighted by atomic mass is 9.75. The molecule has 0 aliphatic carbocycles. The molecule has 0 saturated carbocycles. The van der Waals surface area contributed by atoms with Gasteiger partial charge in [0, 0.05) is 13.1 Å². The van der Waals surface area contributed by atoms with Crippen molar-refractivity contribution in [2.75, 3.05) is 13.1 Å². The second-order valence-corrected chi connectivity index (χ2v) is 5.99. The summed E-state index contributed by atoms with van der Waals surface area (Å²) in [7, 11) is 2.13. The van der Waals surface area contributed by atoms with Crippen LogP contribution in [0.4, 0.5) is 0 Å². The Bertz CT molecular complexity index is 437. The molecular formula is C16H24BNO2. The van der Waals surface area contributed by atoms with Crippen LogP contribution < -0.4 is 0 Å². The molecule has 1 unspecified atom stereocenters. The Kier molecular flexibility index (Phi) is 5.24. The summed E-state index contributed by atoms with van der Waals surface area (Å²) in [5.74, 6) is -0.608. The van der Waals surface area contributed by atoms with Crippen LogP contribution in [0.5, 0.6) is 0 Å². The van der Waals surface area contributed by atoms with Gasteiger partial charge in [-0.25, -0.2) is 0 Å². The Morgan fingerprint density at radius 2 is 2.10 bits per heavy atom. The quantitative estimate of drug-likeness (QED) is 0.808. The molecule has 1 aliphatic heterocycles. The van der Waals surface area contributed by atoms with E-state index in [4.69, 9.17) is 0 Å². The Balaban J connectivity index is 2.04. The lowest BCUT2D eigenvalue weighted by Crippen LogP contribution is -2.47. The molecule has 0 amide bonds. The Hall–Kier alpha value is -1.29. The van der Waals surface area contributed by atoms with Crippen molar-refractivity contribution in [1.82, 2.24) is 4.90 Å². The van der Waals surface area contributed by atoms with Crippen molar-refractivity contribution in [3.05, 3.63) is 35.9 Å². The SMILES string of the molecule is BCCCC1(C(=O)O)CCCN(Cc2ccccc2)C1. The van der Waals surface area contributed by atoms with E-state index in [2.05, 4.69) is 24.9 Å². The van der Waals surface area contributed by atoms with Gasteiger partial charge in [0.25, 0.3) is 0 Å². The molecule has 20 heavy (non-hydrogen) atoms. The minimum atomic E-state index is -0.608. The zero-order chi connectivity index (χ0) is 14.4. The van der Waals surface area contributed by atoms with Crippen molar-refractivity contribution in [2.24, 2.45) is 5.41 Å². The number of carboxylic acids is 1. The molecule has 1 N–H and O–H groups in total. The number of likely N-dealkylation sites (tertiary alicyclic amines) is 1. The van der Waals surface area contributed by atoms with E-state index in [-0.39, 0.29) is 0 Å². The van der Waals surface area contributed by atoms with Crippen LogP contribution in [0.3, 0.4) is 0 Å². The van der Waals surface area contributed by atoms with Gasteiger partial charge in [0.2, 0.25) is 0 Å². The summed E-state index contributed by atoms with van der Waals surface area (Å²) in [6, 6.07) is 10.3. The standard InChI is InChI=1S/C16H24BNO2/c17-10-4-8-16(15(19)20)9-5-11-18(13-16)12-14-6-2-1-3-7-14/h1-3,6-7H,4-5,8-13,17H2,(H,19,20). The zero-order valence-electron chi connectivity index (χ0n) is 12.3. The third-order valence-electron chi connectivity index (χ3n) is 4.37. The molecule has 1 saturated heterocycles. The van der Waals surface area contributed by atoms with Gasteiger partial charge in [-0.3, -0.25) is 9.69 Å². The molecule has 3 nitrogen and oxygen atoms in total. The lowest BCUT2D eigenvalue weighted by Gasteiger charge is -2.40. The minimum Gasteiger partial charge on any atom is -0.481 e. The molecule has 0 radical (unpaired) electrons. The van der Waals surface area contributed by atoms with E-state index in [9.17, 15) is 9.90 Å². The molecule has 1 atom stereocenters. The maximum atomic E-state index is 11.8. The van der Waals surface area contributed by atoms with Crippen LogP contribution in [0.25, 0.3) is 0 Å². The summed E-state index contributed by atoms with van der Waals surface area (Å²) in [6.45, 7) is 2.56. The maximum Gasteiger partial charge on any atom is 0.310 e. The van der Waals surface area contributed by atoms with Gasteiger partial charge < -0.3 is 5.11 Å². The average Bonchev–Trinajstić information content (AvgIpc) is 2.46. The third kappa shape index (κ3) is 3.63. The Labute approximate surface area is 122 Å². The van der Waals surface area contributed by atoms with E-state index < -0.39 is 11.4 Å². The van der Waals surface area contributed by atoms with Gasteiger partial charge in [0.1, 0.15) is 7.85 Å². The highest BCUT2D eigenvalue weighted by molar-refractivity contribution is 6.08. The van der Waals surface area contributed by atoms with Crippen molar-refractivity contribution in [3.63, 3.8) is 0 Å². The first-order chi connectivity index (χ1) is 9.66. The third-order valence-corrected chi connectivity index (χ3v) is 4.37. The van der Waals surface area contributed by atoms with Gasteiger partial charge in [-0.15, -0.1) is 0 Å². The topological polar surface area (TPSA) is 40.5 Å². The molecule has 4 heteroatoms. The number of hydrogen-bond donors (Lipinski definition) is 1. The smallest absolute Gasteiger partial charge is 0.310 e. The number of benzene rings is 1. The molecule has 108 valence electrons. The summed E-state index contributed by atoms with van der Waals surface area (Å²) in [5.41, 5.74) is 0.743. The van der Waals surface area contributed by atoms with E-state index >= 15 is 0 Å². The fraction of sp³-hybridized carbons (Fsp3) is 0.562. The summed E-state index contributed by atoms with van der Waals surface area (Å²) in [6.07, 6.45) is 4.69. The Morgan fingerprint density at radius 1 is 1.35 bits per heavy atom. The van der Waals surface area contributed by atoms with E-state index in [0.29, 0.717) is 6.54 Å². The molecule has 2 rings (SSSR count). The summed E-state index contributed by atoms with van der Waals surface area (Å²) in [5, 5.41) is 9.67. The van der Waals surface area contributed by atoms with Crippen LogP contribution in [0.15, 0.2) is 30.3 Å². The summed E-state index contributed by atoms with van der Waals surface area (Å²) in [4.78, 5) is 14.1. The monoisotopic (exact) mass is 273 g/mol. The highest BCUT2D eigenvalue weighted by Gasteiger charge is 2.41. The number of aliphatic carboxylic acids is 1. The molecule has 1 fully saturated rings. The molecule has 1 aromatic rings. The maximum absolute atomic E-state index is 11.8. The number of nitrogens with zero attached hydrogens (tertiary/aromatic N) is 1. The predicted octanol–water partition coefficient (Wildman–Crippen LogP) is 2.19. The van der Waals surface area contributed by atoms with E-state index in [1.807, 2.05) is 18.2 Å². The highest BCUT2D eigenvalue weighted by atomic mass is 16.4. The summed E-state index contributed by atoms with van der Waals surface area (Å²) >= 11 is 0. The van der Waals surface area contributed by atoms with Crippen molar-refractivity contribution in [3.8, 4) is 0 Å². The van der Waals surface area contributed by atoms with E-state index in [1.54, 1.807) is 0 Å². The molecule has 0 bridgehead atoms. The second kappa shape index (κ2) is 6.93. The average molecular weight is 273 g/mol. The van der Waals surface area contributed by atoms with Crippen LogP contribution in [-0.4, -0.2) is 36.9 Å². The van der Waals surface area contributed by atoms with Crippen LogP contribution in [-0.2, 0) is 11.3 Å². The predicted molar refractivity (Wildman–Crippen MR) is 83.6 cm³/mol. The molecule has 0 aromatic heterocycles. The number of rotatable bonds is 6.